The van der Waals surface area contributed by atoms with Crippen molar-refractivity contribution in [3.8, 4) is 0 Å². The predicted molar refractivity (Wildman–Crippen MR) is 51.0 cm³/mol. The van der Waals surface area contributed by atoms with Crippen LogP contribution in [0.1, 0.15) is 20.3 Å². The van der Waals surface area contributed by atoms with Gasteiger partial charge in [0.1, 0.15) is 0 Å². The summed E-state index contributed by atoms with van der Waals surface area (Å²) < 4.78 is 22.3. The lowest BCUT2D eigenvalue weighted by molar-refractivity contribution is 0.100. The summed E-state index contributed by atoms with van der Waals surface area (Å²) in [5.41, 5.74) is 5.32. The summed E-state index contributed by atoms with van der Waals surface area (Å²) in [5.74, 6) is -0.0515. The molecule has 0 aromatic rings. The highest BCUT2D eigenvalue weighted by Crippen LogP contribution is 2.38. The van der Waals surface area contributed by atoms with Crippen molar-refractivity contribution >= 4 is 9.84 Å². The maximum absolute atomic E-state index is 11.6. The highest BCUT2D eigenvalue weighted by molar-refractivity contribution is 7.93. The molecule has 1 fully saturated rings. The molecule has 5 heteroatoms. The van der Waals surface area contributed by atoms with Gasteiger partial charge in [0.05, 0.1) is 16.6 Å². The van der Waals surface area contributed by atoms with Gasteiger partial charge in [0.15, 0.2) is 9.84 Å². The standard InChI is InChI=1S/C8H17NO3S/c1-8(2)6(7(10)5-9)3-4-13(8,11)12/h6-7,10H,3-5,9H2,1-2H3. The van der Waals surface area contributed by atoms with Crippen LogP contribution in [-0.4, -0.2) is 36.7 Å². The third-order valence-corrected chi connectivity index (χ3v) is 5.78. The molecule has 1 aliphatic heterocycles. The van der Waals surface area contributed by atoms with Crippen molar-refractivity contribution in [1.29, 1.82) is 0 Å². The molecule has 3 N–H and O–H groups in total. The Morgan fingerprint density at radius 3 is 2.46 bits per heavy atom. The summed E-state index contributed by atoms with van der Waals surface area (Å²) >= 11 is 0. The van der Waals surface area contributed by atoms with Gasteiger partial charge < -0.3 is 10.8 Å². The van der Waals surface area contributed by atoms with Gasteiger partial charge in [-0.05, 0) is 20.3 Å². The molecule has 0 radical (unpaired) electrons. The number of aliphatic hydroxyl groups excluding tert-OH is 1. The quantitative estimate of drug-likeness (QED) is 0.641. The van der Waals surface area contributed by atoms with Crippen LogP contribution >= 0.6 is 0 Å². The number of aliphatic hydroxyl groups is 1. The normalized spacial score (nSPS) is 33.1. The van der Waals surface area contributed by atoms with Crippen LogP contribution in [0, 0.1) is 5.92 Å². The Balaban J connectivity index is 2.95. The number of rotatable bonds is 2. The monoisotopic (exact) mass is 207 g/mol. The fraction of sp³-hybridized carbons (Fsp3) is 1.00. The predicted octanol–water partition coefficient (Wildman–Crippen LogP) is -0.481. The van der Waals surface area contributed by atoms with Crippen LogP contribution in [-0.2, 0) is 9.84 Å². The molecular formula is C8H17NO3S. The zero-order valence-electron chi connectivity index (χ0n) is 8.03. The summed E-state index contributed by atoms with van der Waals surface area (Å²) in [7, 11) is -3.04. The minimum Gasteiger partial charge on any atom is -0.391 e. The van der Waals surface area contributed by atoms with Crippen molar-refractivity contribution in [3.05, 3.63) is 0 Å². The molecule has 78 valence electrons. The van der Waals surface area contributed by atoms with E-state index in [1.165, 1.54) is 0 Å². The summed E-state index contributed by atoms with van der Waals surface area (Å²) in [5, 5.41) is 9.54. The summed E-state index contributed by atoms with van der Waals surface area (Å²) in [4.78, 5) is 0. The molecule has 1 heterocycles. The van der Waals surface area contributed by atoms with E-state index in [1.54, 1.807) is 13.8 Å². The van der Waals surface area contributed by atoms with Gasteiger partial charge in [0.25, 0.3) is 0 Å². The van der Waals surface area contributed by atoms with E-state index in [0.717, 1.165) is 0 Å². The molecule has 0 aromatic heterocycles. The Morgan fingerprint density at radius 2 is 2.15 bits per heavy atom. The second kappa shape index (κ2) is 3.22. The Bertz CT molecular complexity index is 284. The SMILES string of the molecule is CC1(C)C(C(O)CN)CCS1(=O)=O. The van der Waals surface area contributed by atoms with Gasteiger partial charge in [-0.2, -0.15) is 0 Å². The first-order valence-electron chi connectivity index (χ1n) is 4.43. The fourth-order valence-electron chi connectivity index (χ4n) is 1.94. The van der Waals surface area contributed by atoms with E-state index < -0.39 is 20.7 Å². The van der Waals surface area contributed by atoms with E-state index >= 15 is 0 Å². The number of sulfone groups is 1. The topological polar surface area (TPSA) is 80.4 Å². The zero-order valence-corrected chi connectivity index (χ0v) is 8.84. The van der Waals surface area contributed by atoms with Crippen molar-refractivity contribution in [3.63, 3.8) is 0 Å². The minimum absolute atomic E-state index is 0.129. The Hall–Kier alpha value is -0.130. The third-order valence-electron chi connectivity index (χ3n) is 3.10. The Kier molecular flexibility index (Phi) is 2.71. The maximum atomic E-state index is 11.6. The molecule has 0 spiro atoms. The van der Waals surface area contributed by atoms with Crippen LogP contribution in [0.2, 0.25) is 0 Å². The second-order valence-corrected chi connectivity index (χ2v) is 6.81. The number of nitrogens with two attached hydrogens (primary N) is 1. The van der Waals surface area contributed by atoms with E-state index in [1.807, 2.05) is 0 Å². The van der Waals surface area contributed by atoms with Crippen LogP contribution in [0.25, 0.3) is 0 Å². The lowest BCUT2D eigenvalue weighted by atomic mass is 9.87. The molecule has 0 aromatic carbocycles. The molecule has 2 atom stereocenters. The van der Waals surface area contributed by atoms with Crippen molar-refractivity contribution in [1.82, 2.24) is 0 Å². The van der Waals surface area contributed by atoms with Gasteiger partial charge in [0.2, 0.25) is 0 Å². The molecule has 0 bridgehead atoms. The van der Waals surface area contributed by atoms with Gasteiger partial charge in [0, 0.05) is 12.5 Å². The molecule has 4 nitrogen and oxygen atoms in total. The molecular weight excluding hydrogens is 190 g/mol. The Labute approximate surface area is 79.0 Å². The fourth-order valence-corrected chi connectivity index (χ4v) is 3.77. The minimum atomic E-state index is -3.04. The van der Waals surface area contributed by atoms with Gasteiger partial charge in [-0.25, -0.2) is 8.42 Å². The first-order valence-corrected chi connectivity index (χ1v) is 6.08. The maximum Gasteiger partial charge on any atom is 0.155 e. The molecule has 0 aliphatic carbocycles. The molecule has 1 rings (SSSR count). The summed E-state index contributed by atoms with van der Waals surface area (Å²) in [6.07, 6.45) is -0.180. The molecule has 1 aliphatic rings. The van der Waals surface area contributed by atoms with Crippen molar-refractivity contribution in [2.24, 2.45) is 11.7 Å². The first kappa shape index (κ1) is 10.9. The number of hydrogen-bond acceptors (Lipinski definition) is 4. The van der Waals surface area contributed by atoms with E-state index in [0.29, 0.717) is 6.42 Å². The van der Waals surface area contributed by atoms with Crippen molar-refractivity contribution in [2.45, 2.75) is 31.1 Å². The van der Waals surface area contributed by atoms with Gasteiger partial charge >= 0.3 is 0 Å². The first-order chi connectivity index (χ1) is 5.83. The molecule has 13 heavy (non-hydrogen) atoms. The molecule has 2 unspecified atom stereocenters. The van der Waals surface area contributed by atoms with Crippen LogP contribution < -0.4 is 5.73 Å². The lowest BCUT2D eigenvalue weighted by Gasteiger charge is -2.28. The van der Waals surface area contributed by atoms with Gasteiger partial charge in [-0.3, -0.25) is 0 Å². The highest BCUT2D eigenvalue weighted by atomic mass is 32.2. The molecule has 0 saturated carbocycles. The van der Waals surface area contributed by atoms with E-state index in [-0.39, 0.29) is 18.2 Å². The second-order valence-electron chi connectivity index (χ2n) is 4.12. The van der Waals surface area contributed by atoms with Crippen LogP contribution in [0.15, 0.2) is 0 Å². The number of hydrogen-bond donors (Lipinski definition) is 2. The highest BCUT2D eigenvalue weighted by Gasteiger charge is 2.49. The smallest absolute Gasteiger partial charge is 0.155 e. The van der Waals surface area contributed by atoms with Crippen molar-refractivity contribution in [2.75, 3.05) is 12.3 Å². The zero-order chi connectivity index (χ0) is 10.3. The lowest BCUT2D eigenvalue weighted by Crippen LogP contribution is -2.42. The Morgan fingerprint density at radius 1 is 1.62 bits per heavy atom. The van der Waals surface area contributed by atoms with Crippen molar-refractivity contribution < 1.29 is 13.5 Å². The summed E-state index contributed by atoms with van der Waals surface area (Å²) in [6, 6.07) is 0. The average molecular weight is 207 g/mol. The van der Waals surface area contributed by atoms with Gasteiger partial charge in [-0.1, -0.05) is 0 Å². The van der Waals surface area contributed by atoms with E-state index in [9.17, 15) is 13.5 Å². The van der Waals surface area contributed by atoms with Crippen LogP contribution in [0.4, 0.5) is 0 Å². The van der Waals surface area contributed by atoms with Crippen LogP contribution in [0.3, 0.4) is 0 Å². The van der Waals surface area contributed by atoms with E-state index in [2.05, 4.69) is 0 Å². The summed E-state index contributed by atoms with van der Waals surface area (Å²) in [6.45, 7) is 3.46. The molecule has 1 saturated heterocycles. The third kappa shape index (κ3) is 1.60. The largest absolute Gasteiger partial charge is 0.391 e. The van der Waals surface area contributed by atoms with E-state index in [4.69, 9.17) is 5.73 Å². The van der Waals surface area contributed by atoms with Gasteiger partial charge in [-0.15, -0.1) is 0 Å². The average Bonchev–Trinajstić information content (AvgIpc) is 2.22. The van der Waals surface area contributed by atoms with Crippen LogP contribution in [0.5, 0.6) is 0 Å². The molecule has 0 amide bonds.